The fourth-order valence-corrected chi connectivity index (χ4v) is 2.69. The van der Waals surface area contributed by atoms with Crippen LogP contribution >= 0.6 is 0 Å². The summed E-state index contributed by atoms with van der Waals surface area (Å²) in [5.41, 5.74) is 0.520. The first kappa shape index (κ1) is 12.8. The van der Waals surface area contributed by atoms with Crippen LogP contribution in [0.2, 0.25) is 0 Å². The Hall–Kier alpha value is -2.17. The van der Waals surface area contributed by atoms with Gasteiger partial charge >= 0.3 is 0 Å². The van der Waals surface area contributed by atoms with Crippen LogP contribution in [0.3, 0.4) is 0 Å². The molecule has 1 aliphatic rings. The molecule has 1 aliphatic heterocycles. The highest BCUT2D eigenvalue weighted by Gasteiger charge is 2.46. The second-order valence-corrected chi connectivity index (χ2v) is 4.94. The van der Waals surface area contributed by atoms with Crippen LogP contribution in [0, 0.1) is 0 Å². The first-order valence-electron chi connectivity index (χ1n) is 6.46. The lowest BCUT2D eigenvalue weighted by Gasteiger charge is -2.46. The lowest BCUT2D eigenvalue weighted by molar-refractivity contribution is -0.160. The third-order valence-corrected chi connectivity index (χ3v) is 3.92. The van der Waals surface area contributed by atoms with Gasteiger partial charge < -0.3 is 5.11 Å². The Morgan fingerprint density at radius 2 is 1.55 bits per heavy atom. The molecule has 20 heavy (non-hydrogen) atoms. The summed E-state index contributed by atoms with van der Waals surface area (Å²) in [4.78, 5) is 12.3. The van der Waals surface area contributed by atoms with Crippen LogP contribution in [-0.4, -0.2) is 35.1 Å². The number of carbonyl (C=O) groups is 1. The van der Waals surface area contributed by atoms with Crippen molar-refractivity contribution >= 4 is 5.91 Å². The van der Waals surface area contributed by atoms with E-state index < -0.39 is 5.72 Å². The molecule has 1 heterocycles. The van der Waals surface area contributed by atoms with Gasteiger partial charge in [-0.25, -0.2) is 0 Å². The predicted molar refractivity (Wildman–Crippen MR) is 75.7 cm³/mol. The molecule has 0 radical (unpaired) electrons. The molecule has 1 amide bonds. The third-order valence-electron chi connectivity index (χ3n) is 3.92. The van der Waals surface area contributed by atoms with Gasteiger partial charge in [0.2, 0.25) is 0 Å². The third kappa shape index (κ3) is 1.59. The number of hydrogen-bond acceptors (Lipinski definition) is 3. The number of nitrogens with zero attached hydrogens (tertiary/aromatic N) is 2. The van der Waals surface area contributed by atoms with Crippen molar-refractivity contribution in [2.24, 2.45) is 0 Å². The summed E-state index contributed by atoms with van der Waals surface area (Å²) in [6, 6.07) is 16.5. The van der Waals surface area contributed by atoms with Crippen molar-refractivity contribution in [1.29, 1.82) is 0 Å². The molecule has 2 aromatic rings. The molecule has 102 valence electrons. The molecule has 4 nitrogen and oxygen atoms in total. The van der Waals surface area contributed by atoms with Crippen LogP contribution in [0.15, 0.2) is 54.6 Å². The van der Waals surface area contributed by atoms with E-state index in [2.05, 4.69) is 0 Å². The van der Waals surface area contributed by atoms with E-state index in [0.29, 0.717) is 11.1 Å². The minimum Gasteiger partial charge on any atom is -0.366 e. The van der Waals surface area contributed by atoms with Gasteiger partial charge in [0.05, 0.1) is 0 Å². The predicted octanol–water partition coefficient (Wildman–Crippen LogP) is 1.81. The van der Waals surface area contributed by atoms with Gasteiger partial charge in [0.15, 0.2) is 5.72 Å². The number of benzene rings is 2. The number of amides is 1. The van der Waals surface area contributed by atoms with Crippen molar-refractivity contribution in [2.75, 3.05) is 14.1 Å². The van der Waals surface area contributed by atoms with Gasteiger partial charge in [-0.1, -0.05) is 48.5 Å². The maximum Gasteiger partial charge on any atom is 0.268 e. The van der Waals surface area contributed by atoms with Crippen LogP contribution in [0.25, 0.3) is 0 Å². The highest BCUT2D eigenvalue weighted by Crippen LogP contribution is 2.38. The van der Waals surface area contributed by atoms with Crippen LogP contribution in [0.4, 0.5) is 0 Å². The number of rotatable bonds is 1. The van der Waals surface area contributed by atoms with E-state index in [4.69, 9.17) is 0 Å². The van der Waals surface area contributed by atoms with E-state index >= 15 is 0 Å². The zero-order valence-corrected chi connectivity index (χ0v) is 11.4. The largest absolute Gasteiger partial charge is 0.366 e. The molecule has 0 fully saturated rings. The first-order chi connectivity index (χ1) is 9.56. The van der Waals surface area contributed by atoms with Gasteiger partial charge in [-0.2, -0.15) is 5.01 Å². The Bertz CT molecular complexity index is 657. The van der Waals surface area contributed by atoms with E-state index in [9.17, 15) is 9.90 Å². The minimum absolute atomic E-state index is 0.122. The molecule has 1 atom stereocenters. The molecule has 4 heteroatoms. The Balaban J connectivity index is 2.29. The SMILES string of the molecule is CN1C(=O)c2ccccc2C(O)(c2ccccc2)N1C. The van der Waals surface area contributed by atoms with Crippen molar-refractivity contribution in [2.45, 2.75) is 5.72 Å². The fraction of sp³-hybridized carbons (Fsp3) is 0.188. The summed E-state index contributed by atoms with van der Waals surface area (Å²) in [6.07, 6.45) is 0. The minimum atomic E-state index is -1.35. The van der Waals surface area contributed by atoms with E-state index in [1.165, 1.54) is 5.01 Å². The Morgan fingerprint density at radius 1 is 0.950 bits per heavy atom. The Labute approximate surface area is 117 Å². The van der Waals surface area contributed by atoms with Crippen LogP contribution < -0.4 is 0 Å². The first-order valence-corrected chi connectivity index (χ1v) is 6.46. The monoisotopic (exact) mass is 268 g/mol. The standard InChI is InChI=1S/C16H16N2O2/c1-17-15(19)13-10-6-7-11-14(13)16(20,18(17)2)12-8-4-3-5-9-12/h3-11,20H,1-2H3. The van der Waals surface area contributed by atoms with Gasteiger partial charge in [-0.15, -0.1) is 0 Å². The van der Waals surface area contributed by atoms with Crippen LogP contribution in [-0.2, 0) is 5.72 Å². The highest BCUT2D eigenvalue weighted by atomic mass is 16.3. The number of hydrogen-bond donors (Lipinski definition) is 1. The number of hydrazine groups is 1. The van der Waals surface area contributed by atoms with Crippen molar-refractivity contribution in [1.82, 2.24) is 10.0 Å². The van der Waals surface area contributed by atoms with Gasteiger partial charge in [-0.3, -0.25) is 9.80 Å². The molecule has 1 unspecified atom stereocenters. The van der Waals surface area contributed by atoms with Crippen LogP contribution in [0.1, 0.15) is 21.5 Å². The Kier molecular flexibility index (Phi) is 2.85. The van der Waals surface area contributed by atoms with Crippen molar-refractivity contribution in [3.63, 3.8) is 0 Å². The average Bonchev–Trinajstić information content (AvgIpc) is 2.51. The molecule has 3 rings (SSSR count). The molecular weight excluding hydrogens is 252 g/mol. The van der Waals surface area contributed by atoms with Crippen molar-refractivity contribution in [3.8, 4) is 0 Å². The molecule has 0 saturated heterocycles. The van der Waals surface area contributed by atoms with Gasteiger partial charge in [0, 0.05) is 30.8 Å². The summed E-state index contributed by atoms with van der Waals surface area (Å²) < 4.78 is 0. The Morgan fingerprint density at radius 3 is 2.25 bits per heavy atom. The summed E-state index contributed by atoms with van der Waals surface area (Å²) >= 11 is 0. The summed E-state index contributed by atoms with van der Waals surface area (Å²) in [5.74, 6) is -0.122. The van der Waals surface area contributed by atoms with Crippen molar-refractivity contribution in [3.05, 3.63) is 71.3 Å². The molecule has 2 aromatic carbocycles. The molecular formula is C16H16N2O2. The van der Waals surface area contributed by atoms with Gasteiger partial charge in [0.25, 0.3) is 5.91 Å². The summed E-state index contributed by atoms with van der Waals surface area (Å²) in [6.45, 7) is 0. The lowest BCUT2D eigenvalue weighted by atomic mass is 9.88. The molecule has 0 saturated carbocycles. The second kappa shape index (κ2) is 4.44. The van der Waals surface area contributed by atoms with E-state index in [0.717, 1.165) is 5.56 Å². The smallest absolute Gasteiger partial charge is 0.268 e. The second-order valence-electron chi connectivity index (χ2n) is 4.94. The topological polar surface area (TPSA) is 43.8 Å². The fourth-order valence-electron chi connectivity index (χ4n) is 2.69. The summed E-state index contributed by atoms with van der Waals surface area (Å²) in [5, 5.41) is 14.3. The molecule has 0 aromatic heterocycles. The number of fused-ring (bicyclic) bond motifs is 1. The maximum atomic E-state index is 12.3. The lowest BCUT2D eigenvalue weighted by Crippen LogP contribution is -2.58. The van der Waals surface area contributed by atoms with E-state index in [1.807, 2.05) is 36.4 Å². The van der Waals surface area contributed by atoms with Crippen molar-refractivity contribution < 1.29 is 9.90 Å². The normalized spacial score (nSPS) is 22.8. The van der Waals surface area contributed by atoms with Crippen LogP contribution in [0.5, 0.6) is 0 Å². The zero-order valence-electron chi connectivity index (χ0n) is 11.4. The quantitative estimate of drug-likeness (QED) is 0.858. The molecule has 1 N–H and O–H groups in total. The molecule has 0 spiro atoms. The number of carbonyl (C=O) groups excluding carboxylic acids is 1. The highest BCUT2D eigenvalue weighted by molar-refractivity contribution is 5.96. The zero-order chi connectivity index (χ0) is 14.3. The maximum absolute atomic E-state index is 12.3. The molecule has 0 bridgehead atoms. The average molecular weight is 268 g/mol. The number of aliphatic hydroxyl groups is 1. The van der Waals surface area contributed by atoms with Gasteiger partial charge in [-0.05, 0) is 6.07 Å². The van der Waals surface area contributed by atoms with E-state index in [1.54, 1.807) is 37.3 Å². The van der Waals surface area contributed by atoms with Gasteiger partial charge in [0.1, 0.15) is 0 Å². The van der Waals surface area contributed by atoms with E-state index in [-0.39, 0.29) is 5.91 Å². The molecule has 0 aliphatic carbocycles. The summed E-state index contributed by atoms with van der Waals surface area (Å²) in [7, 11) is 3.37.